The second-order valence-corrected chi connectivity index (χ2v) is 7.28. The summed E-state index contributed by atoms with van der Waals surface area (Å²) >= 11 is 1.44. The number of primary amides is 1. The van der Waals surface area contributed by atoms with Gasteiger partial charge in [-0.05, 0) is 50.3 Å². The van der Waals surface area contributed by atoms with Crippen molar-refractivity contribution >= 4 is 28.2 Å². The molecule has 0 spiro atoms. The molecule has 0 bridgehead atoms. The zero-order valence-electron chi connectivity index (χ0n) is 14.8. The lowest BCUT2D eigenvalue weighted by Gasteiger charge is -2.16. The van der Waals surface area contributed by atoms with Gasteiger partial charge in [-0.3, -0.25) is 9.59 Å². The van der Waals surface area contributed by atoms with Gasteiger partial charge in [0, 0.05) is 4.88 Å². The molecule has 1 atom stereocenters. The molecular weight excluding hydrogens is 352 g/mol. The Kier molecular flexibility index (Phi) is 5.46. The van der Waals surface area contributed by atoms with Gasteiger partial charge in [-0.25, -0.2) is 0 Å². The standard InChI is InChI=1S/C19H22N2O4S/c1-11(25-14-9-5-4-8-13(14)24-2)18(23)21-19-16(17(20)22)12-7-3-6-10-15(12)26-19/h4-5,8-9,11H,3,6-7,10H2,1-2H3,(H2,20,22)(H,21,23)/t11-/m0/s1. The fourth-order valence-corrected chi connectivity index (χ4v) is 4.39. The van der Waals surface area contributed by atoms with E-state index in [-0.39, 0.29) is 5.91 Å². The lowest BCUT2D eigenvalue weighted by atomic mass is 9.95. The number of ether oxygens (including phenoxy) is 2. The molecule has 3 rings (SSSR count). The first kappa shape index (κ1) is 18.3. The van der Waals surface area contributed by atoms with Crippen LogP contribution in [0.4, 0.5) is 5.00 Å². The molecule has 3 N–H and O–H groups in total. The number of aryl methyl sites for hydroxylation is 1. The van der Waals surface area contributed by atoms with Crippen molar-refractivity contribution in [1.29, 1.82) is 0 Å². The third-order valence-electron chi connectivity index (χ3n) is 4.40. The molecule has 0 saturated heterocycles. The van der Waals surface area contributed by atoms with Gasteiger partial charge in [-0.2, -0.15) is 0 Å². The SMILES string of the molecule is COc1ccccc1O[C@@H](C)C(=O)Nc1sc2c(c1C(N)=O)CCCC2. The Labute approximate surface area is 156 Å². The van der Waals surface area contributed by atoms with Crippen molar-refractivity contribution in [2.24, 2.45) is 5.73 Å². The van der Waals surface area contributed by atoms with E-state index in [0.717, 1.165) is 36.1 Å². The maximum atomic E-state index is 12.6. The third-order valence-corrected chi connectivity index (χ3v) is 5.60. The summed E-state index contributed by atoms with van der Waals surface area (Å²) in [7, 11) is 1.54. The maximum Gasteiger partial charge on any atom is 0.265 e. The van der Waals surface area contributed by atoms with E-state index in [4.69, 9.17) is 15.2 Å². The molecule has 138 valence electrons. The van der Waals surface area contributed by atoms with Crippen molar-refractivity contribution in [3.05, 3.63) is 40.3 Å². The Bertz CT molecular complexity index is 831. The van der Waals surface area contributed by atoms with Crippen molar-refractivity contribution in [3.8, 4) is 11.5 Å². The lowest BCUT2D eigenvalue weighted by molar-refractivity contribution is -0.122. The number of para-hydroxylation sites is 2. The summed E-state index contributed by atoms with van der Waals surface area (Å²) < 4.78 is 11.0. The second kappa shape index (κ2) is 7.78. The molecule has 6 nitrogen and oxygen atoms in total. The molecule has 26 heavy (non-hydrogen) atoms. The van der Waals surface area contributed by atoms with Gasteiger partial charge in [-0.1, -0.05) is 12.1 Å². The average Bonchev–Trinajstić information content (AvgIpc) is 3.00. The molecule has 1 heterocycles. The number of thiophene rings is 1. The van der Waals surface area contributed by atoms with Crippen LogP contribution in [-0.2, 0) is 17.6 Å². The van der Waals surface area contributed by atoms with Gasteiger partial charge in [0.05, 0.1) is 12.7 Å². The van der Waals surface area contributed by atoms with Gasteiger partial charge < -0.3 is 20.5 Å². The highest BCUT2D eigenvalue weighted by atomic mass is 32.1. The molecule has 1 aromatic heterocycles. The first-order chi connectivity index (χ1) is 12.5. The number of amides is 2. The minimum atomic E-state index is -0.758. The van der Waals surface area contributed by atoms with Gasteiger partial charge in [0.15, 0.2) is 17.6 Å². The van der Waals surface area contributed by atoms with Crippen molar-refractivity contribution in [3.63, 3.8) is 0 Å². The molecule has 0 saturated carbocycles. The fourth-order valence-electron chi connectivity index (χ4n) is 3.09. The third kappa shape index (κ3) is 3.67. The number of carbonyl (C=O) groups excluding carboxylic acids is 2. The number of rotatable bonds is 6. The molecule has 0 aliphatic heterocycles. The van der Waals surface area contributed by atoms with Gasteiger partial charge >= 0.3 is 0 Å². The van der Waals surface area contributed by atoms with Crippen LogP contribution in [0.1, 0.15) is 40.6 Å². The Morgan fingerprint density at radius 3 is 2.58 bits per heavy atom. The smallest absolute Gasteiger partial charge is 0.265 e. The predicted octanol–water partition coefficient (Wildman–Crippen LogP) is 3.14. The number of benzene rings is 1. The molecule has 0 radical (unpaired) electrons. The molecular formula is C19H22N2O4S. The van der Waals surface area contributed by atoms with Crippen LogP contribution in [0.5, 0.6) is 11.5 Å². The normalized spacial score (nSPS) is 14.2. The minimum Gasteiger partial charge on any atom is -0.493 e. The zero-order valence-corrected chi connectivity index (χ0v) is 15.7. The van der Waals surface area contributed by atoms with E-state index in [1.54, 1.807) is 32.2 Å². The number of hydrogen-bond donors (Lipinski definition) is 2. The van der Waals surface area contributed by atoms with E-state index in [0.29, 0.717) is 22.1 Å². The first-order valence-corrected chi connectivity index (χ1v) is 9.37. The van der Waals surface area contributed by atoms with Gasteiger partial charge in [0.1, 0.15) is 5.00 Å². The summed E-state index contributed by atoms with van der Waals surface area (Å²) in [5.74, 6) is 0.199. The van der Waals surface area contributed by atoms with Crippen LogP contribution in [0, 0.1) is 0 Å². The Morgan fingerprint density at radius 2 is 1.88 bits per heavy atom. The van der Waals surface area contributed by atoms with Gasteiger partial charge in [-0.15, -0.1) is 11.3 Å². The number of fused-ring (bicyclic) bond motifs is 1. The molecule has 1 aromatic carbocycles. The van der Waals surface area contributed by atoms with E-state index in [2.05, 4.69) is 5.32 Å². The molecule has 0 unspecified atom stereocenters. The van der Waals surface area contributed by atoms with E-state index in [9.17, 15) is 9.59 Å². The zero-order chi connectivity index (χ0) is 18.7. The quantitative estimate of drug-likeness (QED) is 0.813. The van der Waals surface area contributed by atoms with Crippen LogP contribution in [0.2, 0.25) is 0 Å². The number of nitrogens with one attached hydrogen (secondary N) is 1. The molecule has 2 aromatic rings. The number of nitrogens with two attached hydrogens (primary N) is 1. The van der Waals surface area contributed by atoms with Crippen molar-refractivity contribution in [2.75, 3.05) is 12.4 Å². The molecule has 1 aliphatic rings. The summed E-state index contributed by atoms with van der Waals surface area (Å²) in [5.41, 5.74) is 7.00. The van der Waals surface area contributed by atoms with Crippen molar-refractivity contribution in [1.82, 2.24) is 0 Å². The summed E-state index contributed by atoms with van der Waals surface area (Å²) in [6.45, 7) is 1.65. The first-order valence-electron chi connectivity index (χ1n) is 8.56. The number of methoxy groups -OCH3 is 1. The summed E-state index contributed by atoms with van der Waals surface area (Å²) in [6, 6.07) is 7.13. The average molecular weight is 374 g/mol. The monoisotopic (exact) mass is 374 g/mol. The predicted molar refractivity (Wildman–Crippen MR) is 101 cm³/mol. The molecule has 7 heteroatoms. The van der Waals surface area contributed by atoms with E-state index in [1.165, 1.54) is 11.3 Å². The molecule has 2 amide bonds. The largest absolute Gasteiger partial charge is 0.493 e. The summed E-state index contributed by atoms with van der Waals surface area (Å²) in [5, 5.41) is 3.34. The van der Waals surface area contributed by atoms with E-state index < -0.39 is 12.0 Å². The van der Waals surface area contributed by atoms with Crippen molar-refractivity contribution in [2.45, 2.75) is 38.7 Å². The van der Waals surface area contributed by atoms with E-state index in [1.807, 2.05) is 6.07 Å². The fraction of sp³-hybridized carbons (Fsp3) is 0.368. The van der Waals surface area contributed by atoms with Crippen LogP contribution in [0.25, 0.3) is 0 Å². The highest BCUT2D eigenvalue weighted by Crippen LogP contribution is 2.38. The number of anilines is 1. The Hall–Kier alpha value is -2.54. The maximum absolute atomic E-state index is 12.6. The van der Waals surface area contributed by atoms with Gasteiger partial charge in [0.2, 0.25) is 0 Å². The summed E-state index contributed by atoms with van der Waals surface area (Å²) in [6.07, 6.45) is 3.11. The molecule has 0 fully saturated rings. The van der Waals surface area contributed by atoms with Crippen LogP contribution in [0.3, 0.4) is 0 Å². The summed E-state index contributed by atoms with van der Waals surface area (Å²) in [4.78, 5) is 25.6. The number of hydrogen-bond acceptors (Lipinski definition) is 5. The van der Waals surface area contributed by atoms with Crippen LogP contribution < -0.4 is 20.5 Å². The lowest BCUT2D eigenvalue weighted by Crippen LogP contribution is -2.30. The highest BCUT2D eigenvalue weighted by molar-refractivity contribution is 7.17. The Morgan fingerprint density at radius 1 is 1.19 bits per heavy atom. The Balaban J connectivity index is 1.77. The highest BCUT2D eigenvalue weighted by Gasteiger charge is 2.26. The number of carbonyl (C=O) groups is 2. The van der Waals surface area contributed by atoms with Crippen LogP contribution in [0.15, 0.2) is 24.3 Å². The van der Waals surface area contributed by atoms with Crippen LogP contribution >= 0.6 is 11.3 Å². The van der Waals surface area contributed by atoms with Crippen LogP contribution in [-0.4, -0.2) is 25.0 Å². The van der Waals surface area contributed by atoms with E-state index >= 15 is 0 Å². The van der Waals surface area contributed by atoms with Gasteiger partial charge in [0.25, 0.3) is 11.8 Å². The topological polar surface area (TPSA) is 90.7 Å². The van der Waals surface area contributed by atoms with Crippen molar-refractivity contribution < 1.29 is 19.1 Å². The minimum absolute atomic E-state index is 0.336. The molecule has 1 aliphatic carbocycles. The second-order valence-electron chi connectivity index (χ2n) is 6.18.